The van der Waals surface area contributed by atoms with E-state index in [-0.39, 0.29) is 53.2 Å². The third-order valence-corrected chi connectivity index (χ3v) is 15.2. The van der Waals surface area contributed by atoms with Crippen LogP contribution < -0.4 is 42.5 Å². The van der Waals surface area contributed by atoms with E-state index in [1.807, 2.05) is 0 Å². The van der Waals surface area contributed by atoms with Crippen molar-refractivity contribution in [3.05, 3.63) is 0 Å². The van der Waals surface area contributed by atoms with Gasteiger partial charge in [0, 0.05) is 5.92 Å². The normalized spacial score (nSPS) is 55.6. The first kappa shape index (κ1) is 31.6. The fourth-order valence-electron chi connectivity index (χ4n) is 12.2. The average Bonchev–Trinajstić information content (AvgIpc) is 3.76. The molecular weight excluding hydrogens is 587 g/mol. The van der Waals surface area contributed by atoms with Gasteiger partial charge in [-0.05, 0) is 92.8 Å². The number of fused-ring (bicyclic) bond motifs is 20. The van der Waals surface area contributed by atoms with Crippen LogP contribution in [0.2, 0.25) is 0 Å². The van der Waals surface area contributed by atoms with Crippen molar-refractivity contribution in [1.29, 1.82) is 0 Å². The van der Waals surface area contributed by atoms with Crippen LogP contribution in [0.4, 0.5) is 0 Å². The molecule has 8 bridgehead atoms. The fourth-order valence-corrected chi connectivity index (χ4v) is 13.2. The van der Waals surface area contributed by atoms with Gasteiger partial charge in [-0.25, -0.2) is 4.21 Å². The summed E-state index contributed by atoms with van der Waals surface area (Å²) in [6.07, 6.45) is 20.7. The molecule has 9 rings (SSSR count). The molecule has 10 nitrogen and oxygen atoms in total. The molecule has 12 heteroatoms. The quantitative estimate of drug-likeness (QED) is 0.148. The van der Waals surface area contributed by atoms with Gasteiger partial charge in [0.05, 0.1) is 54.6 Å². The Morgan fingerprint density at radius 1 is 0.386 bits per heavy atom. The third-order valence-electron chi connectivity index (χ3n) is 14.1. The van der Waals surface area contributed by atoms with Crippen molar-refractivity contribution in [3.63, 3.8) is 0 Å². The Morgan fingerprint density at radius 2 is 0.659 bits per heavy atom. The average molecular weight is 647 g/mol. The van der Waals surface area contributed by atoms with E-state index in [9.17, 15) is 8.76 Å². The monoisotopic (exact) mass is 646 g/mol. The Bertz CT molecular complexity index is 1060. The molecule has 0 spiro atoms. The van der Waals surface area contributed by atoms with Crippen molar-refractivity contribution < 1.29 is 8.76 Å². The first-order valence-electron chi connectivity index (χ1n) is 18.3. The van der Waals surface area contributed by atoms with Gasteiger partial charge in [-0.15, -0.1) is 0 Å². The van der Waals surface area contributed by atoms with Crippen molar-refractivity contribution in [1.82, 2.24) is 42.5 Å². The third kappa shape index (κ3) is 5.43. The van der Waals surface area contributed by atoms with Gasteiger partial charge in [-0.2, -0.15) is 0 Å². The lowest BCUT2D eigenvalue weighted by molar-refractivity contribution is 0.168. The Balaban J connectivity index is 0.00000289. The van der Waals surface area contributed by atoms with E-state index in [1.54, 1.807) is 0 Å². The number of nitrogens with one attached hydrogen (secondary N) is 8. The standard InChI is InChI=1S/C32H56N8O2S.Al.3H/c41-43(42)23-15-7-14-22-24(23)32-39-30-21-13-6-5-12-20(21)28(37-30)35-26-17-9-2-1-8-16(17)25(33-26)34-27-18-10-3-4-11-19(18)29(36-27)38-31(22)40-32;;;;/h16-40H,1-15H2,(H,41,42);;;;. The minimum Gasteiger partial charge on any atom is -0.306 e. The van der Waals surface area contributed by atoms with Gasteiger partial charge in [-0.1, -0.05) is 44.9 Å². The zero-order valence-electron chi connectivity index (χ0n) is 25.7. The van der Waals surface area contributed by atoms with E-state index in [1.165, 1.54) is 77.0 Å². The predicted molar refractivity (Wildman–Crippen MR) is 177 cm³/mol. The predicted octanol–water partition coefficient (Wildman–Crippen LogP) is 0.622. The van der Waals surface area contributed by atoms with Gasteiger partial charge < -0.3 is 4.55 Å². The molecule has 248 valence electrons. The highest BCUT2D eigenvalue weighted by Crippen LogP contribution is 2.46. The minimum atomic E-state index is -1.81. The summed E-state index contributed by atoms with van der Waals surface area (Å²) in [6.45, 7) is 0. The molecule has 9 aliphatic rings. The zero-order chi connectivity index (χ0) is 28.7. The Hall–Kier alpha value is 0.322. The second kappa shape index (κ2) is 13.0. The smallest absolute Gasteiger partial charge is 0.187 e. The molecule has 4 aliphatic carbocycles. The summed E-state index contributed by atoms with van der Waals surface area (Å²) in [5.74, 6) is 4.36. The lowest BCUT2D eigenvalue weighted by Gasteiger charge is -2.38. The van der Waals surface area contributed by atoms with Crippen LogP contribution in [0.25, 0.3) is 0 Å². The van der Waals surface area contributed by atoms with Gasteiger partial charge in [0.25, 0.3) is 0 Å². The second-order valence-corrected chi connectivity index (χ2v) is 17.1. The van der Waals surface area contributed by atoms with Crippen molar-refractivity contribution in [2.45, 2.75) is 151 Å². The zero-order valence-corrected chi connectivity index (χ0v) is 26.5. The largest absolute Gasteiger partial charge is 0.306 e. The molecular formula is C32H59AlN8O2S. The van der Waals surface area contributed by atoms with E-state index in [0.717, 1.165) is 19.3 Å². The van der Waals surface area contributed by atoms with Gasteiger partial charge >= 0.3 is 0 Å². The molecule has 5 heterocycles. The number of rotatable bonds is 1. The molecule has 5 aliphatic heterocycles. The molecule has 5 saturated heterocycles. The summed E-state index contributed by atoms with van der Waals surface area (Å²) in [7, 11) is 0. The van der Waals surface area contributed by atoms with E-state index in [0.29, 0.717) is 66.1 Å². The van der Waals surface area contributed by atoms with Crippen LogP contribution in [-0.2, 0) is 11.1 Å². The summed E-state index contributed by atoms with van der Waals surface area (Å²) in [4.78, 5) is 0. The molecule has 0 aromatic heterocycles. The van der Waals surface area contributed by atoms with Crippen LogP contribution in [0.5, 0.6) is 0 Å². The molecule has 44 heavy (non-hydrogen) atoms. The summed E-state index contributed by atoms with van der Waals surface area (Å²) in [5.41, 5.74) is 0. The SMILES string of the molecule is O=S(O)C1CCCC2C3NC4NC(NC5NC(NC6NC(NC(N3)C21)C1CCCCC61)C1CCCCC51)C1CCCCC41.[AlH3]. The maximum atomic E-state index is 12.7. The van der Waals surface area contributed by atoms with Crippen LogP contribution in [0.15, 0.2) is 0 Å². The molecule has 0 aromatic rings. The molecule has 0 radical (unpaired) electrons. The summed E-state index contributed by atoms with van der Waals surface area (Å²) in [6, 6.07) is 0. The first-order valence-corrected chi connectivity index (χ1v) is 19.5. The molecule has 18 unspecified atom stereocenters. The lowest BCUT2D eigenvalue weighted by Crippen LogP contribution is -2.62. The Morgan fingerprint density at radius 3 is 0.977 bits per heavy atom. The van der Waals surface area contributed by atoms with Crippen LogP contribution in [0, 0.1) is 47.3 Å². The van der Waals surface area contributed by atoms with Crippen molar-refractivity contribution in [2.24, 2.45) is 47.3 Å². The van der Waals surface area contributed by atoms with Crippen LogP contribution in [0.1, 0.15) is 96.3 Å². The number of hydrogen-bond donors (Lipinski definition) is 9. The highest BCUT2D eigenvalue weighted by atomic mass is 32.2. The summed E-state index contributed by atoms with van der Waals surface area (Å²) in [5, 5.41) is 32.8. The lowest BCUT2D eigenvalue weighted by atomic mass is 9.76. The molecule has 0 aromatic carbocycles. The topological polar surface area (TPSA) is 134 Å². The molecule has 18 atom stereocenters. The first-order chi connectivity index (χ1) is 21.1. The summed E-state index contributed by atoms with van der Waals surface area (Å²) >= 11 is -1.81. The van der Waals surface area contributed by atoms with Crippen molar-refractivity contribution >= 4 is 28.4 Å². The fraction of sp³-hybridized carbons (Fsp3) is 1.00. The van der Waals surface area contributed by atoms with Gasteiger partial charge in [0.1, 0.15) is 0 Å². The summed E-state index contributed by atoms with van der Waals surface area (Å²) < 4.78 is 23.2. The second-order valence-electron chi connectivity index (χ2n) is 16.0. The van der Waals surface area contributed by atoms with E-state index < -0.39 is 11.1 Å². The van der Waals surface area contributed by atoms with Gasteiger partial charge in [-0.3, -0.25) is 42.5 Å². The van der Waals surface area contributed by atoms with Gasteiger partial charge in [0.15, 0.2) is 28.4 Å². The highest BCUT2D eigenvalue weighted by molar-refractivity contribution is 7.79. The van der Waals surface area contributed by atoms with Crippen LogP contribution >= 0.6 is 0 Å². The molecule has 4 saturated carbocycles. The van der Waals surface area contributed by atoms with Crippen LogP contribution in [0.3, 0.4) is 0 Å². The van der Waals surface area contributed by atoms with Gasteiger partial charge in [0.2, 0.25) is 0 Å². The van der Waals surface area contributed by atoms with Crippen molar-refractivity contribution in [2.75, 3.05) is 0 Å². The maximum absolute atomic E-state index is 12.7. The van der Waals surface area contributed by atoms with Crippen LogP contribution in [-0.4, -0.2) is 80.7 Å². The number of hydrogen-bond acceptors (Lipinski definition) is 9. The molecule has 9 N–H and O–H groups in total. The Labute approximate surface area is 277 Å². The molecule has 0 amide bonds. The van der Waals surface area contributed by atoms with E-state index >= 15 is 0 Å². The van der Waals surface area contributed by atoms with E-state index in [2.05, 4.69) is 42.5 Å². The Kier molecular flexibility index (Phi) is 9.32. The molecule has 9 fully saturated rings. The maximum Gasteiger partial charge on any atom is 0.187 e. The van der Waals surface area contributed by atoms with Crippen molar-refractivity contribution in [3.8, 4) is 0 Å². The van der Waals surface area contributed by atoms with E-state index in [4.69, 9.17) is 0 Å². The highest BCUT2D eigenvalue weighted by Gasteiger charge is 2.56. The minimum absolute atomic E-state index is 0.